The lowest BCUT2D eigenvalue weighted by Crippen LogP contribution is -2.27. The lowest BCUT2D eigenvalue weighted by molar-refractivity contribution is -0.387. The minimum atomic E-state index is -1.03. The van der Waals surface area contributed by atoms with E-state index in [4.69, 9.17) is 9.47 Å². The van der Waals surface area contributed by atoms with E-state index in [1.165, 1.54) is 17.9 Å². The van der Waals surface area contributed by atoms with E-state index >= 15 is 0 Å². The molecule has 0 unspecified atom stereocenters. The highest BCUT2D eigenvalue weighted by Gasteiger charge is 2.24. The highest BCUT2D eigenvalue weighted by atomic mass is 19.1. The molecule has 0 spiro atoms. The van der Waals surface area contributed by atoms with E-state index in [1.807, 2.05) is 18.2 Å². The zero-order valence-electron chi connectivity index (χ0n) is 19.4. The first-order valence-corrected chi connectivity index (χ1v) is 10.5. The summed E-state index contributed by atoms with van der Waals surface area (Å²) in [7, 11) is 1.31. The van der Waals surface area contributed by atoms with Crippen LogP contribution < -0.4 is 10.1 Å². The Morgan fingerprint density at radius 2 is 1.91 bits per heavy atom. The molecule has 0 aliphatic heterocycles. The van der Waals surface area contributed by atoms with Gasteiger partial charge in [0.1, 0.15) is 11.4 Å². The first kappa shape index (κ1) is 23.6. The van der Waals surface area contributed by atoms with E-state index in [0.29, 0.717) is 16.9 Å². The van der Waals surface area contributed by atoms with Crippen molar-refractivity contribution in [1.82, 2.24) is 14.5 Å². The Hall–Kier alpha value is -4.54. The Labute approximate surface area is 199 Å². The maximum absolute atomic E-state index is 14.0. The number of fused-ring (bicyclic) bond motifs is 1. The van der Waals surface area contributed by atoms with Crippen molar-refractivity contribution < 1.29 is 23.6 Å². The second kappa shape index (κ2) is 9.01. The molecule has 1 N–H and O–H groups in total. The van der Waals surface area contributed by atoms with E-state index in [0.717, 1.165) is 17.5 Å². The largest absolute Gasteiger partial charge is 0.494 e. The molecule has 11 heteroatoms. The SMILES string of the molecule is COc1cc(F)c([N+](=O)[O-])cc1Nc1nccc(-c2cc3ccccc3n2C(=O)OC(C)(C)C)n1. The summed E-state index contributed by atoms with van der Waals surface area (Å²) in [4.78, 5) is 32.1. The van der Waals surface area contributed by atoms with Gasteiger partial charge in [0, 0.05) is 23.7 Å². The molecule has 10 nitrogen and oxygen atoms in total. The Balaban J connectivity index is 1.79. The number of nitro groups is 1. The average Bonchev–Trinajstić information content (AvgIpc) is 3.19. The van der Waals surface area contributed by atoms with Gasteiger partial charge in [-0.1, -0.05) is 18.2 Å². The number of rotatable bonds is 5. The Morgan fingerprint density at radius 3 is 2.60 bits per heavy atom. The van der Waals surface area contributed by atoms with Crippen molar-refractivity contribution >= 4 is 34.3 Å². The summed E-state index contributed by atoms with van der Waals surface area (Å²) in [6, 6.07) is 12.7. The number of carbonyl (C=O) groups excluding carboxylic acids is 1. The van der Waals surface area contributed by atoms with Crippen LogP contribution in [-0.2, 0) is 4.74 Å². The number of carbonyl (C=O) groups is 1. The van der Waals surface area contributed by atoms with Crippen LogP contribution in [0.3, 0.4) is 0 Å². The van der Waals surface area contributed by atoms with E-state index < -0.39 is 28.1 Å². The predicted molar refractivity (Wildman–Crippen MR) is 127 cm³/mol. The van der Waals surface area contributed by atoms with Crippen LogP contribution in [-0.4, -0.2) is 38.3 Å². The molecule has 0 aliphatic rings. The fourth-order valence-electron chi connectivity index (χ4n) is 3.48. The average molecular weight is 479 g/mol. The quantitative estimate of drug-likeness (QED) is 0.287. The number of hydrogen-bond donors (Lipinski definition) is 1. The standard InChI is InChI=1S/C24H22FN5O5/c1-24(2,3)35-23(31)29-18-8-6-5-7-14(18)11-20(29)16-9-10-26-22(27-16)28-17-13-19(30(32)33)15(25)12-21(17)34-4/h5-13H,1-4H3,(H,26,27,28). The Morgan fingerprint density at radius 1 is 1.17 bits per heavy atom. The number of methoxy groups -OCH3 is 1. The summed E-state index contributed by atoms with van der Waals surface area (Å²) in [5, 5.41) is 14.8. The first-order chi connectivity index (χ1) is 16.6. The van der Waals surface area contributed by atoms with Gasteiger partial charge in [0.25, 0.3) is 0 Å². The third kappa shape index (κ3) is 4.88. The number of nitrogens with one attached hydrogen (secondary N) is 1. The number of nitro benzene ring substituents is 1. The molecule has 180 valence electrons. The topological polar surface area (TPSA) is 121 Å². The van der Waals surface area contributed by atoms with Gasteiger partial charge in [0.05, 0.1) is 34.6 Å². The summed E-state index contributed by atoms with van der Waals surface area (Å²) < 4.78 is 26.2. The Bertz CT molecular complexity index is 1440. The van der Waals surface area contributed by atoms with Gasteiger partial charge in [0.15, 0.2) is 0 Å². The van der Waals surface area contributed by atoms with Gasteiger partial charge in [-0.2, -0.15) is 4.39 Å². The highest BCUT2D eigenvalue weighted by molar-refractivity contribution is 5.95. The number of aromatic nitrogens is 3. The molecule has 0 bridgehead atoms. The van der Waals surface area contributed by atoms with Gasteiger partial charge < -0.3 is 14.8 Å². The van der Waals surface area contributed by atoms with E-state index in [1.54, 1.807) is 39.0 Å². The minimum Gasteiger partial charge on any atom is -0.494 e. The van der Waals surface area contributed by atoms with Gasteiger partial charge in [-0.15, -0.1) is 0 Å². The van der Waals surface area contributed by atoms with E-state index in [-0.39, 0.29) is 17.4 Å². The molecule has 4 aromatic rings. The highest BCUT2D eigenvalue weighted by Crippen LogP contribution is 2.34. The molecule has 2 aromatic heterocycles. The summed E-state index contributed by atoms with van der Waals surface area (Å²) >= 11 is 0. The fourth-order valence-corrected chi connectivity index (χ4v) is 3.48. The minimum absolute atomic E-state index is 0.0324. The second-order valence-corrected chi connectivity index (χ2v) is 8.56. The molecule has 0 saturated heterocycles. The molecule has 0 saturated carbocycles. The van der Waals surface area contributed by atoms with Crippen LogP contribution in [0.5, 0.6) is 5.75 Å². The van der Waals surface area contributed by atoms with Crippen molar-refractivity contribution in [3.05, 3.63) is 70.7 Å². The van der Waals surface area contributed by atoms with Crippen LogP contribution in [0.1, 0.15) is 20.8 Å². The normalized spacial score (nSPS) is 11.3. The Kier molecular flexibility index (Phi) is 6.08. The number of nitrogens with zero attached hydrogens (tertiary/aromatic N) is 4. The molecule has 0 amide bonds. The zero-order valence-corrected chi connectivity index (χ0v) is 19.4. The van der Waals surface area contributed by atoms with Crippen molar-refractivity contribution in [2.24, 2.45) is 0 Å². The molecule has 0 radical (unpaired) electrons. The van der Waals surface area contributed by atoms with Crippen LogP contribution in [0.15, 0.2) is 54.7 Å². The van der Waals surface area contributed by atoms with Crippen LogP contribution in [0.4, 0.5) is 26.5 Å². The molecule has 0 atom stereocenters. The molecule has 4 rings (SSSR count). The number of para-hydroxylation sites is 1. The molecule has 2 aromatic carbocycles. The van der Waals surface area contributed by atoms with Crippen molar-refractivity contribution in [3.8, 4) is 17.1 Å². The monoisotopic (exact) mass is 479 g/mol. The molecule has 2 heterocycles. The summed E-state index contributed by atoms with van der Waals surface area (Å²) in [5.41, 5.74) is 0.148. The van der Waals surface area contributed by atoms with Crippen LogP contribution >= 0.6 is 0 Å². The summed E-state index contributed by atoms with van der Waals surface area (Å²) in [5.74, 6) is -0.943. The maximum atomic E-state index is 14.0. The van der Waals surface area contributed by atoms with Crippen LogP contribution in [0.2, 0.25) is 0 Å². The lowest BCUT2D eigenvalue weighted by atomic mass is 10.2. The van der Waals surface area contributed by atoms with Gasteiger partial charge in [-0.3, -0.25) is 10.1 Å². The third-order valence-corrected chi connectivity index (χ3v) is 4.92. The molecule has 0 fully saturated rings. The molecule has 0 aliphatic carbocycles. The maximum Gasteiger partial charge on any atom is 0.419 e. The molecule has 35 heavy (non-hydrogen) atoms. The second-order valence-electron chi connectivity index (χ2n) is 8.56. The number of hydrogen-bond acceptors (Lipinski definition) is 8. The van der Waals surface area contributed by atoms with E-state index in [2.05, 4.69) is 15.3 Å². The lowest BCUT2D eigenvalue weighted by Gasteiger charge is -2.21. The van der Waals surface area contributed by atoms with Crippen molar-refractivity contribution in [2.75, 3.05) is 12.4 Å². The van der Waals surface area contributed by atoms with Crippen LogP contribution in [0.25, 0.3) is 22.3 Å². The fraction of sp³-hybridized carbons (Fsp3) is 0.208. The molecular weight excluding hydrogens is 457 g/mol. The zero-order chi connectivity index (χ0) is 25.3. The van der Waals surface area contributed by atoms with Crippen molar-refractivity contribution in [2.45, 2.75) is 26.4 Å². The van der Waals surface area contributed by atoms with Gasteiger partial charge in [-0.05, 0) is 39.0 Å². The van der Waals surface area contributed by atoms with Gasteiger partial charge in [-0.25, -0.2) is 19.3 Å². The predicted octanol–water partition coefficient (Wildman–Crippen LogP) is 5.68. The van der Waals surface area contributed by atoms with Gasteiger partial charge >= 0.3 is 11.8 Å². The number of anilines is 2. The van der Waals surface area contributed by atoms with Gasteiger partial charge in [0.2, 0.25) is 11.8 Å². The smallest absolute Gasteiger partial charge is 0.419 e. The summed E-state index contributed by atoms with van der Waals surface area (Å²) in [6.45, 7) is 5.33. The number of benzene rings is 2. The first-order valence-electron chi connectivity index (χ1n) is 10.5. The molecular formula is C24H22FN5O5. The van der Waals surface area contributed by atoms with Crippen molar-refractivity contribution in [3.63, 3.8) is 0 Å². The number of ether oxygens (including phenoxy) is 2. The van der Waals surface area contributed by atoms with Crippen LogP contribution in [0, 0.1) is 15.9 Å². The number of halogens is 1. The summed E-state index contributed by atoms with van der Waals surface area (Å²) in [6.07, 6.45) is 0.893. The third-order valence-electron chi connectivity index (χ3n) is 4.92. The van der Waals surface area contributed by atoms with E-state index in [9.17, 15) is 19.3 Å². The van der Waals surface area contributed by atoms with Crippen molar-refractivity contribution in [1.29, 1.82) is 0 Å².